The lowest BCUT2D eigenvalue weighted by atomic mass is 10.1. The van der Waals surface area contributed by atoms with Crippen LogP contribution >= 0.6 is 11.8 Å². The quantitative estimate of drug-likeness (QED) is 0.361. The van der Waals surface area contributed by atoms with E-state index in [2.05, 4.69) is 52.2 Å². The minimum Gasteiger partial charge on any atom is -0.383 e. The van der Waals surface area contributed by atoms with Crippen molar-refractivity contribution in [1.29, 1.82) is 0 Å². The first-order chi connectivity index (χ1) is 14.4. The van der Waals surface area contributed by atoms with Gasteiger partial charge in [0.25, 0.3) is 0 Å². The van der Waals surface area contributed by atoms with E-state index < -0.39 is 0 Å². The van der Waals surface area contributed by atoms with E-state index >= 15 is 0 Å². The Labute approximate surface area is 182 Å². The highest BCUT2D eigenvalue weighted by atomic mass is 32.2. The first kappa shape index (κ1) is 22.3. The maximum Gasteiger partial charge on any atom is 0.191 e. The Bertz CT molecular complexity index is 1040. The van der Waals surface area contributed by atoms with Crippen LogP contribution in [0.15, 0.2) is 35.5 Å². The van der Waals surface area contributed by atoms with Gasteiger partial charge in [0.2, 0.25) is 0 Å². The average Bonchev–Trinajstić information content (AvgIpc) is 3.26. The van der Waals surface area contributed by atoms with Crippen molar-refractivity contribution in [3.05, 3.63) is 52.8 Å². The lowest BCUT2D eigenvalue weighted by Gasteiger charge is -2.17. The van der Waals surface area contributed by atoms with E-state index in [9.17, 15) is 4.79 Å². The number of ketones is 1. The molecule has 0 bridgehead atoms. The molecule has 0 unspecified atom stereocenters. The Morgan fingerprint density at radius 2 is 1.93 bits per heavy atom. The van der Waals surface area contributed by atoms with E-state index in [1.807, 2.05) is 32.0 Å². The standard InChI is InChI=1S/C23H30N4O2S/c1-7-26-22(19-11-9-8-10-15(19)2)24-25-23(26)30-14-21(28)20-12-16(3)27(18(20)5)17(4)13-29-6/h8-12,17H,7,13-14H2,1-6H3/t17-/m1/s1. The molecule has 0 saturated carbocycles. The zero-order chi connectivity index (χ0) is 21.8. The molecule has 2 aromatic heterocycles. The number of rotatable bonds is 9. The summed E-state index contributed by atoms with van der Waals surface area (Å²) in [6.45, 7) is 11.6. The van der Waals surface area contributed by atoms with Crippen molar-refractivity contribution in [3.63, 3.8) is 0 Å². The maximum atomic E-state index is 13.0. The van der Waals surface area contributed by atoms with Gasteiger partial charge in [-0.05, 0) is 46.2 Å². The zero-order valence-electron chi connectivity index (χ0n) is 18.6. The van der Waals surface area contributed by atoms with Gasteiger partial charge in [0.05, 0.1) is 18.4 Å². The van der Waals surface area contributed by atoms with E-state index in [1.54, 1.807) is 7.11 Å². The molecule has 3 rings (SSSR count). The maximum absolute atomic E-state index is 13.0. The molecular formula is C23H30N4O2S. The number of carbonyl (C=O) groups is 1. The summed E-state index contributed by atoms with van der Waals surface area (Å²) in [4.78, 5) is 13.0. The number of Topliss-reactive ketones (excluding diaryl/α,β-unsaturated/α-hetero) is 1. The van der Waals surface area contributed by atoms with E-state index in [0.29, 0.717) is 12.4 Å². The molecule has 3 aromatic rings. The van der Waals surface area contributed by atoms with Crippen LogP contribution < -0.4 is 0 Å². The summed E-state index contributed by atoms with van der Waals surface area (Å²) >= 11 is 1.44. The third kappa shape index (κ3) is 4.37. The number of benzene rings is 1. The van der Waals surface area contributed by atoms with Crippen molar-refractivity contribution in [3.8, 4) is 11.4 Å². The molecule has 0 radical (unpaired) electrons. The van der Waals surface area contributed by atoms with Gasteiger partial charge in [0.1, 0.15) is 0 Å². The summed E-state index contributed by atoms with van der Waals surface area (Å²) in [5.74, 6) is 1.28. The van der Waals surface area contributed by atoms with E-state index in [-0.39, 0.29) is 11.8 Å². The molecule has 7 heteroatoms. The Morgan fingerprint density at radius 3 is 2.60 bits per heavy atom. The van der Waals surface area contributed by atoms with Crippen LogP contribution in [-0.4, -0.2) is 44.6 Å². The lowest BCUT2D eigenvalue weighted by Crippen LogP contribution is -2.14. The predicted octanol–water partition coefficient (Wildman–Crippen LogP) is 4.87. The molecule has 0 saturated heterocycles. The number of ether oxygens (including phenoxy) is 1. The van der Waals surface area contributed by atoms with Crippen molar-refractivity contribution in [1.82, 2.24) is 19.3 Å². The van der Waals surface area contributed by atoms with Gasteiger partial charge in [0.15, 0.2) is 16.8 Å². The normalized spacial score (nSPS) is 12.3. The van der Waals surface area contributed by atoms with Gasteiger partial charge in [-0.1, -0.05) is 36.0 Å². The number of aryl methyl sites for hydroxylation is 2. The van der Waals surface area contributed by atoms with Crippen molar-refractivity contribution in [2.24, 2.45) is 0 Å². The van der Waals surface area contributed by atoms with Gasteiger partial charge >= 0.3 is 0 Å². The lowest BCUT2D eigenvalue weighted by molar-refractivity contribution is 0.102. The van der Waals surface area contributed by atoms with Gasteiger partial charge in [-0.15, -0.1) is 10.2 Å². The SMILES string of the molecule is CCn1c(SCC(=O)c2cc(C)n([C@H](C)COC)c2C)nnc1-c1ccccc1C. The molecule has 1 aromatic carbocycles. The second kappa shape index (κ2) is 9.62. The highest BCUT2D eigenvalue weighted by Gasteiger charge is 2.21. The molecule has 2 heterocycles. The molecule has 0 aliphatic heterocycles. The van der Waals surface area contributed by atoms with Gasteiger partial charge < -0.3 is 13.9 Å². The first-order valence-corrected chi connectivity index (χ1v) is 11.2. The molecule has 0 spiro atoms. The number of nitrogens with zero attached hydrogens (tertiary/aromatic N) is 4. The van der Waals surface area contributed by atoms with E-state index in [0.717, 1.165) is 45.6 Å². The summed E-state index contributed by atoms with van der Waals surface area (Å²) in [5.41, 5.74) is 5.05. The van der Waals surface area contributed by atoms with E-state index in [1.165, 1.54) is 11.8 Å². The summed E-state index contributed by atoms with van der Waals surface area (Å²) in [5, 5.41) is 9.55. The highest BCUT2D eigenvalue weighted by molar-refractivity contribution is 7.99. The second-order valence-electron chi connectivity index (χ2n) is 7.54. The van der Waals surface area contributed by atoms with Crippen molar-refractivity contribution in [2.45, 2.75) is 52.4 Å². The fourth-order valence-corrected chi connectivity index (χ4v) is 4.85. The Morgan fingerprint density at radius 1 is 1.20 bits per heavy atom. The Balaban J connectivity index is 1.79. The molecule has 0 aliphatic rings. The Kier molecular flexibility index (Phi) is 7.15. The number of carbonyl (C=O) groups excluding carboxylic acids is 1. The van der Waals surface area contributed by atoms with Crippen molar-refractivity contribution < 1.29 is 9.53 Å². The van der Waals surface area contributed by atoms with Gasteiger partial charge in [-0.3, -0.25) is 4.79 Å². The van der Waals surface area contributed by atoms with E-state index in [4.69, 9.17) is 4.74 Å². The van der Waals surface area contributed by atoms with Crippen molar-refractivity contribution >= 4 is 17.5 Å². The molecule has 160 valence electrons. The van der Waals surface area contributed by atoms with Gasteiger partial charge in [-0.2, -0.15) is 0 Å². The zero-order valence-corrected chi connectivity index (χ0v) is 19.4. The summed E-state index contributed by atoms with van der Waals surface area (Å²) < 4.78 is 9.53. The highest BCUT2D eigenvalue weighted by Crippen LogP contribution is 2.28. The van der Waals surface area contributed by atoms with Crippen LogP contribution in [-0.2, 0) is 11.3 Å². The Hall–Kier alpha value is -2.38. The topological polar surface area (TPSA) is 61.9 Å². The fourth-order valence-electron chi connectivity index (χ4n) is 3.96. The van der Waals surface area contributed by atoms with Crippen LogP contribution in [0.5, 0.6) is 0 Å². The second-order valence-corrected chi connectivity index (χ2v) is 8.48. The molecule has 30 heavy (non-hydrogen) atoms. The fraction of sp³-hybridized carbons (Fsp3) is 0.435. The average molecular weight is 427 g/mol. The van der Waals surface area contributed by atoms with Crippen LogP contribution in [0.25, 0.3) is 11.4 Å². The van der Waals surface area contributed by atoms with Crippen LogP contribution in [0.3, 0.4) is 0 Å². The number of hydrogen-bond acceptors (Lipinski definition) is 5. The molecular weight excluding hydrogens is 396 g/mol. The summed E-state index contributed by atoms with van der Waals surface area (Å²) in [7, 11) is 1.70. The molecule has 0 amide bonds. The number of aromatic nitrogens is 4. The number of methoxy groups -OCH3 is 1. The third-order valence-electron chi connectivity index (χ3n) is 5.38. The molecule has 0 N–H and O–H groups in total. The minimum absolute atomic E-state index is 0.104. The van der Waals surface area contributed by atoms with Gasteiger partial charge in [0, 0.05) is 36.2 Å². The summed E-state index contributed by atoms with van der Waals surface area (Å²) in [6, 6.07) is 10.3. The number of thioether (sulfide) groups is 1. The summed E-state index contributed by atoms with van der Waals surface area (Å²) in [6.07, 6.45) is 0. The van der Waals surface area contributed by atoms with Crippen LogP contribution in [0.2, 0.25) is 0 Å². The first-order valence-electron chi connectivity index (χ1n) is 10.2. The number of hydrogen-bond donors (Lipinski definition) is 0. The molecule has 0 aliphatic carbocycles. The monoisotopic (exact) mass is 426 g/mol. The smallest absolute Gasteiger partial charge is 0.191 e. The predicted molar refractivity (Wildman–Crippen MR) is 121 cm³/mol. The molecule has 0 fully saturated rings. The third-order valence-corrected chi connectivity index (χ3v) is 6.35. The van der Waals surface area contributed by atoms with Crippen LogP contribution in [0, 0.1) is 20.8 Å². The van der Waals surface area contributed by atoms with Gasteiger partial charge in [-0.25, -0.2) is 0 Å². The molecule has 6 nitrogen and oxygen atoms in total. The minimum atomic E-state index is 0.104. The molecule has 1 atom stereocenters. The van der Waals surface area contributed by atoms with Crippen LogP contribution in [0.1, 0.15) is 47.2 Å². The largest absolute Gasteiger partial charge is 0.383 e. The van der Waals surface area contributed by atoms with Crippen LogP contribution in [0.4, 0.5) is 0 Å². The van der Waals surface area contributed by atoms with Crippen molar-refractivity contribution in [2.75, 3.05) is 19.5 Å².